The highest BCUT2D eigenvalue weighted by Crippen LogP contribution is 2.10. The van der Waals surface area contributed by atoms with Crippen molar-refractivity contribution in [3.05, 3.63) is 30.1 Å². The van der Waals surface area contributed by atoms with E-state index >= 15 is 0 Å². The van der Waals surface area contributed by atoms with E-state index in [1.807, 2.05) is 18.2 Å². The Morgan fingerprint density at radius 2 is 2.42 bits per heavy atom. The third-order valence-electron chi connectivity index (χ3n) is 1.62. The van der Waals surface area contributed by atoms with Gasteiger partial charge in [-0.15, -0.1) is 0 Å². The van der Waals surface area contributed by atoms with E-state index in [9.17, 15) is 0 Å². The van der Waals surface area contributed by atoms with E-state index < -0.39 is 0 Å². The zero-order valence-electron chi connectivity index (χ0n) is 6.68. The molecular formula is C8H12N2O2. The summed E-state index contributed by atoms with van der Waals surface area (Å²) in [6.07, 6.45) is 1.68. The smallest absolute Gasteiger partial charge is 0.0785 e. The molecule has 1 unspecified atom stereocenters. The second-order valence-electron chi connectivity index (χ2n) is 2.47. The molecule has 0 aliphatic heterocycles. The number of aliphatic hydroxyl groups excluding tert-OH is 1. The molecule has 0 saturated heterocycles. The molecule has 0 fully saturated rings. The number of aromatic nitrogens is 1. The van der Waals surface area contributed by atoms with Crippen molar-refractivity contribution < 1.29 is 9.94 Å². The molecule has 0 amide bonds. The van der Waals surface area contributed by atoms with Gasteiger partial charge in [-0.25, -0.2) is 5.90 Å². The fourth-order valence-electron chi connectivity index (χ4n) is 0.965. The monoisotopic (exact) mass is 168 g/mol. The zero-order chi connectivity index (χ0) is 8.81. The topological polar surface area (TPSA) is 68.4 Å². The zero-order valence-corrected chi connectivity index (χ0v) is 6.68. The number of hydrogen-bond donors (Lipinski definition) is 2. The van der Waals surface area contributed by atoms with Gasteiger partial charge in [0.15, 0.2) is 0 Å². The predicted octanol–water partition coefficient (Wildman–Crippen LogP) is 0.0478. The van der Waals surface area contributed by atoms with Gasteiger partial charge in [0.2, 0.25) is 0 Å². The molecule has 12 heavy (non-hydrogen) atoms. The molecule has 0 spiro atoms. The summed E-state index contributed by atoms with van der Waals surface area (Å²) in [5.41, 5.74) is 0.797. The van der Waals surface area contributed by atoms with Crippen LogP contribution in [-0.2, 0) is 4.84 Å². The summed E-state index contributed by atoms with van der Waals surface area (Å²) in [6, 6.07) is 5.52. The van der Waals surface area contributed by atoms with Crippen LogP contribution in [0.4, 0.5) is 0 Å². The molecule has 0 radical (unpaired) electrons. The largest absolute Gasteiger partial charge is 0.396 e. The first-order chi connectivity index (χ1) is 5.88. The van der Waals surface area contributed by atoms with Gasteiger partial charge in [-0.2, -0.15) is 0 Å². The van der Waals surface area contributed by atoms with Crippen LogP contribution in [0, 0.1) is 0 Å². The molecule has 4 nitrogen and oxygen atoms in total. The minimum atomic E-state index is -0.129. The standard InChI is InChI=1S/C8H12N2O2/c9-12-6-7(5-11)8-3-1-2-4-10-8/h1-4,7,11H,5-6,9H2. The fourth-order valence-corrected chi connectivity index (χ4v) is 0.965. The van der Waals surface area contributed by atoms with Gasteiger partial charge in [-0.1, -0.05) is 6.07 Å². The Morgan fingerprint density at radius 3 is 2.92 bits per heavy atom. The molecular weight excluding hydrogens is 156 g/mol. The maximum absolute atomic E-state index is 8.94. The van der Waals surface area contributed by atoms with Crippen LogP contribution in [0.2, 0.25) is 0 Å². The first-order valence-electron chi connectivity index (χ1n) is 3.72. The highest BCUT2D eigenvalue weighted by atomic mass is 16.6. The number of aliphatic hydroxyl groups is 1. The van der Waals surface area contributed by atoms with E-state index in [0.29, 0.717) is 0 Å². The number of nitrogens with zero attached hydrogens (tertiary/aromatic N) is 1. The summed E-state index contributed by atoms with van der Waals surface area (Å²) in [5, 5.41) is 8.94. The van der Waals surface area contributed by atoms with Crippen molar-refractivity contribution in [1.29, 1.82) is 0 Å². The summed E-state index contributed by atoms with van der Waals surface area (Å²) in [4.78, 5) is 8.52. The minimum Gasteiger partial charge on any atom is -0.396 e. The van der Waals surface area contributed by atoms with Crippen LogP contribution >= 0.6 is 0 Å². The van der Waals surface area contributed by atoms with Gasteiger partial charge in [0.25, 0.3) is 0 Å². The number of hydrogen-bond acceptors (Lipinski definition) is 4. The number of rotatable bonds is 4. The molecule has 1 aromatic rings. The normalized spacial score (nSPS) is 12.8. The van der Waals surface area contributed by atoms with Crippen molar-refractivity contribution in [3.8, 4) is 0 Å². The van der Waals surface area contributed by atoms with Crippen LogP contribution in [0.1, 0.15) is 11.6 Å². The fraction of sp³-hybridized carbons (Fsp3) is 0.375. The van der Waals surface area contributed by atoms with E-state index in [4.69, 9.17) is 11.0 Å². The SMILES string of the molecule is NOCC(CO)c1ccccn1. The second kappa shape index (κ2) is 4.82. The minimum absolute atomic E-state index is 0.00574. The van der Waals surface area contributed by atoms with Crippen molar-refractivity contribution in [2.24, 2.45) is 5.90 Å². The maximum atomic E-state index is 8.94. The van der Waals surface area contributed by atoms with Crippen molar-refractivity contribution in [3.63, 3.8) is 0 Å². The van der Waals surface area contributed by atoms with E-state index in [1.54, 1.807) is 6.20 Å². The molecule has 0 bridgehead atoms. The highest BCUT2D eigenvalue weighted by molar-refractivity contribution is 5.09. The van der Waals surface area contributed by atoms with Gasteiger partial charge in [0, 0.05) is 17.8 Å². The Balaban J connectivity index is 2.66. The molecule has 1 aromatic heterocycles. The third kappa shape index (κ3) is 2.27. The Kier molecular flexibility index (Phi) is 3.66. The van der Waals surface area contributed by atoms with Gasteiger partial charge >= 0.3 is 0 Å². The van der Waals surface area contributed by atoms with Gasteiger partial charge < -0.3 is 9.94 Å². The number of nitrogens with two attached hydrogens (primary N) is 1. The molecule has 4 heteroatoms. The van der Waals surface area contributed by atoms with Gasteiger partial charge in [0.05, 0.1) is 13.2 Å². The molecule has 66 valence electrons. The Morgan fingerprint density at radius 1 is 1.58 bits per heavy atom. The van der Waals surface area contributed by atoms with Gasteiger partial charge in [0.1, 0.15) is 0 Å². The summed E-state index contributed by atoms with van der Waals surface area (Å²) in [5.74, 6) is 4.77. The molecule has 0 aliphatic rings. The van der Waals surface area contributed by atoms with E-state index in [2.05, 4.69) is 9.82 Å². The van der Waals surface area contributed by atoms with E-state index in [-0.39, 0.29) is 19.1 Å². The summed E-state index contributed by atoms with van der Waals surface area (Å²) >= 11 is 0. The lowest BCUT2D eigenvalue weighted by atomic mass is 10.1. The first-order valence-corrected chi connectivity index (χ1v) is 3.72. The van der Waals surface area contributed by atoms with Crippen LogP contribution in [0.25, 0.3) is 0 Å². The van der Waals surface area contributed by atoms with Crippen LogP contribution in [0.15, 0.2) is 24.4 Å². The number of pyridine rings is 1. The Bertz CT molecular complexity index is 216. The molecule has 1 heterocycles. The van der Waals surface area contributed by atoms with Gasteiger partial charge in [-0.05, 0) is 12.1 Å². The summed E-state index contributed by atoms with van der Waals surface area (Å²) < 4.78 is 0. The molecule has 1 rings (SSSR count). The molecule has 1 atom stereocenters. The quantitative estimate of drug-likeness (QED) is 0.623. The third-order valence-corrected chi connectivity index (χ3v) is 1.62. The van der Waals surface area contributed by atoms with Crippen LogP contribution in [0.3, 0.4) is 0 Å². The Labute approximate surface area is 70.9 Å². The summed E-state index contributed by atoms with van der Waals surface area (Å²) in [6.45, 7) is 0.279. The van der Waals surface area contributed by atoms with Crippen molar-refractivity contribution in [2.45, 2.75) is 5.92 Å². The average Bonchev–Trinajstić information content (AvgIpc) is 2.15. The highest BCUT2D eigenvalue weighted by Gasteiger charge is 2.10. The van der Waals surface area contributed by atoms with Crippen molar-refractivity contribution >= 4 is 0 Å². The molecule has 0 aromatic carbocycles. The predicted molar refractivity (Wildman–Crippen MR) is 44.2 cm³/mol. The van der Waals surface area contributed by atoms with Crippen molar-refractivity contribution in [1.82, 2.24) is 4.98 Å². The lowest BCUT2D eigenvalue weighted by molar-refractivity contribution is 0.0998. The maximum Gasteiger partial charge on any atom is 0.0785 e. The summed E-state index contributed by atoms with van der Waals surface area (Å²) in [7, 11) is 0. The lowest BCUT2D eigenvalue weighted by Gasteiger charge is -2.10. The van der Waals surface area contributed by atoms with Crippen LogP contribution < -0.4 is 5.90 Å². The average molecular weight is 168 g/mol. The Hall–Kier alpha value is -0.970. The van der Waals surface area contributed by atoms with Crippen molar-refractivity contribution in [2.75, 3.05) is 13.2 Å². The van der Waals surface area contributed by atoms with Crippen LogP contribution in [0.5, 0.6) is 0 Å². The van der Waals surface area contributed by atoms with E-state index in [1.165, 1.54) is 0 Å². The first kappa shape index (κ1) is 9.12. The lowest BCUT2D eigenvalue weighted by Crippen LogP contribution is -2.15. The van der Waals surface area contributed by atoms with Gasteiger partial charge in [-0.3, -0.25) is 4.98 Å². The van der Waals surface area contributed by atoms with Crippen LogP contribution in [-0.4, -0.2) is 23.3 Å². The van der Waals surface area contributed by atoms with E-state index in [0.717, 1.165) is 5.69 Å². The molecule has 3 N–H and O–H groups in total. The second-order valence-corrected chi connectivity index (χ2v) is 2.47. The molecule has 0 aliphatic carbocycles. The molecule has 0 saturated carbocycles.